The van der Waals surface area contributed by atoms with Crippen molar-refractivity contribution in [2.24, 2.45) is 0 Å². The van der Waals surface area contributed by atoms with Crippen molar-refractivity contribution in [1.82, 2.24) is 5.32 Å². The smallest absolute Gasteiger partial charge is 0.293 e. The summed E-state index contributed by atoms with van der Waals surface area (Å²) in [5.41, 5.74) is 1.41. The van der Waals surface area contributed by atoms with E-state index >= 15 is 0 Å². The van der Waals surface area contributed by atoms with Crippen LogP contribution in [0.2, 0.25) is 0 Å². The Bertz CT molecular complexity index is 940. The second-order valence-corrected chi connectivity index (χ2v) is 7.68. The van der Waals surface area contributed by atoms with Gasteiger partial charge >= 0.3 is 0 Å². The average Bonchev–Trinajstić information content (AvgIpc) is 3.51. The summed E-state index contributed by atoms with van der Waals surface area (Å²) in [6.07, 6.45) is 2.01. The van der Waals surface area contributed by atoms with Crippen molar-refractivity contribution in [2.75, 3.05) is 12.4 Å². The maximum absolute atomic E-state index is 12.7. The van der Waals surface area contributed by atoms with Gasteiger partial charge in [-0.25, -0.2) is 0 Å². The highest BCUT2D eigenvalue weighted by atomic mass is 16.6. The van der Waals surface area contributed by atoms with E-state index in [1.807, 2.05) is 32.9 Å². The van der Waals surface area contributed by atoms with Gasteiger partial charge in [0.25, 0.3) is 11.6 Å². The third kappa shape index (κ3) is 5.20. The molecule has 160 valence electrons. The summed E-state index contributed by atoms with van der Waals surface area (Å²) in [6.45, 7) is 5.70. The molecule has 0 saturated heterocycles. The van der Waals surface area contributed by atoms with Crippen LogP contribution in [-0.4, -0.2) is 30.1 Å². The molecule has 8 heteroatoms. The lowest BCUT2D eigenvalue weighted by molar-refractivity contribution is -0.384. The molecule has 0 bridgehead atoms. The molecular formula is C22H27N3O5. The van der Waals surface area contributed by atoms with Crippen molar-refractivity contribution in [2.45, 2.75) is 51.8 Å². The molecule has 2 aromatic rings. The molecule has 8 nitrogen and oxygen atoms in total. The first-order chi connectivity index (χ1) is 14.3. The van der Waals surface area contributed by atoms with Gasteiger partial charge in [-0.3, -0.25) is 14.9 Å². The highest BCUT2D eigenvalue weighted by Crippen LogP contribution is 2.33. The number of hydrogen-bond donors (Lipinski definition) is 2. The molecule has 3 rings (SSSR count). The number of rotatable bonds is 9. The van der Waals surface area contributed by atoms with Crippen LogP contribution in [-0.2, 0) is 0 Å². The molecule has 2 N–H and O–H groups in total. The number of carbonyl (C=O) groups excluding carboxylic acids is 1. The van der Waals surface area contributed by atoms with Gasteiger partial charge in [0, 0.05) is 17.7 Å². The van der Waals surface area contributed by atoms with Gasteiger partial charge in [0.1, 0.15) is 5.69 Å². The summed E-state index contributed by atoms with van der Waals surface area (Å²) in [6, 6.07) is 9.93. The third-order valence-electron chi connectivity index (χ3n) is 4.79. The molecule has 2 aromatic carbocycles. The number of methoxy groups -OCH3 is 1. The van der Waals surface area contributed by atoms with E-state index < -0.39 is 4.92 Å². The Morgan fingerprint density at radius 1 is 1.13 bits per heavy atom. The molecule has 0 aliphatic heterocycles. The molecule has 30 heavy (non-hydrogen) atoms. The minimum Gasteiger partial charge on any atom is -0.493 e. The van der Waals surface area contributed by atoms with Crippen molar-refractivity contribution < 1.29 is 19.2 Å². The van der Waals surface area contributed by atoms with Gasteiger partial charge in [0.15, 0.2) is 11.5 Å². The quantitative estimate of drug-likeness (QED) is 0.465. The minimum atomic E-state index is -0.469. The highest BCUT2D eigenvalue weighted by molar-refractivity contribution is 5.96. The van der Waals surface area contributed by atoms with E-state index in [0.717, 1.165) is 18.4 Å². The molecule has 1 amide bonds. The average molecular weight is 413 g/mol. The summed E-state index contributed by atoms with van der Waals surface area (Å²) < 4.78 is 11.1. The standard InChI is InChI=1S/C22H27N3O5/c1-13(2)30-20-10-6-15(12-21(20)29-4)14(3)23-22(26)16-5-9-18(24-17-7-8-17)19(11-16)25(27)28/h5-6,9-14,17,24H,7-8H2,1-4H3,(H,23,26). The molecule has 1 saturated carbocycles. The number of nitrogens with one attached hydrogen (secondary N) is 2. The zero-order valence-electron chi connectivity index (χ0n) is 17.6. The van der Waals surface area contributed by atoms with Crippen molar-refractivity contribution in [3.63, 3.8) is 0 Å². The SMILES string of the molecule is COc1cc(C(C)NC(=O)c2ccc(NC3CC3)c([N+](=O)[O-])c2)ccc1OC(C)C. The Morgan fingerprint density at radius 2 is 1.87 bits per heavy atom. The molecule has 0 aromatic heterocycles. The lowest BCUT2D eigenvalue weighted by atomic mass is 10.1. The summed E-state index contributed by atoms with van der Waals surface area (Å²) in [5, 5.41) is 17.4. The van der Waals surface area contributed by atoms with Gasteiger partial charge < -0.3 is 20.1 Å². The summed E-state index contributed by atoms with van der Waals surface area (Å²) >= 11 is 0. The molecular weight excluding hydrogens is 386 g/mol. The normalized spacial score (nSPS) is 14.2. The van der Waals surface area contributed by atoms with Crippen LogP contribution in [0.3, 0.4) is 0 Å². The van der Waals surface area contributed by atoms with E-state index in [1.165, 1.54) is 6.07 Å². The maximum atomic E-state index is 12.7. The number of hydrogen-bond acceptors (Lipinski definition) is 6. The highest BCUT2D eigenvalue weighted by Gasteiger charge is 2.26. The van der Waals surface area contributed by atoms with Gasteiger partial charge in [-0.05, 0) is 63.4 Å². The molecule has 1 aliphatic rings. The topological polar surface area (TPSA) is 103 Å². The summed E-state index contributed by atoms with van der Waals surface area (Å²) in [4.78, 5) is 23.7. The molecule has 1 unspecified atom stereocenters. The number of benzene rings is 2. The second-order valence-electron chi connectivity index (χ2n) is 7.68. The Hall–Kier alpha value is -3.29. The monoisotopic (exact) mass is 413 g/mol. The molecule has 0 heterocycles. The van der Waals surface area contributed by atoms with Gasteiger partial charge in [-0.15, -0.1) is 0 Å². The molecule has 0 radical (unpaired) electrons. The summed E-state index contributed by atoms with van der Waals surface area (Å²) in [5.74, 6) is 0.822. The first-order valence-electron chi connectivity index (χ1n) is 9.99. The Morgan fingerprint density at radius 3 is 2.47 bits per heavy atom. The fourth-order valence-corrected chi connectivity index (χ4v) is 3.06. The number of anilines is 1. The number of amides is 1. The number of nitro groups is 1. The fraction of sp³-hybridized carbons (Fsp3) is 0.409. The van der Waals surface area contributed by atoms with E-state index in [1.54, 1.807) is 25.3 Å². The fourth-order valence-electron chi connectivity index (χ4n) is 3.06. The van der Waals surface area contributed by atoms with Crippen LogP contribution in [0.25, 0.3) is 0 Å². The van der Waals surface area contributed by atoms with Gasteiger partial charge in [-0.2, -0.15) is 0 Å². The lowest BCUT2D eigenvalue weighted by Gasteiger charge is -2.18. The van der Waals surface area contributed by atoms with Crippen LogP contribution in [0, 0.1) is 10.1 Å². The maximum Gasteiger partial charge on any atom is 0.293 e. The van der Waals surface area contributed by atoms with Gasteiger partial charge in [0.05, 0.1) is 24.2 Å². The van der Waals surface area contributed by atoms with E-state index in [4.69, 9.17) is 9.47 Å². The number of carbonyl (C=O) groups is 1. The van der Waals surface area contributed by atoms with E-state index in [2.05, 4.69) is 10.6 Å². The van der Waals surface area contributed by atoms with Crippen molar-refractivity contribution in [3.8, 4) is 11.5 Å². The third-order valence-corrected chi connectivity index (χ3v) is 4.79. The number of nitro benzene ring substituents is 1. The predicted octanol–water partition coefficient (Wildman–Crippen LogP) is 4.46. The first-order valence-corrected chi connectivity index (χ1v) is 9.99. The molecule has 1 fully saturated rings. The predicted molar refractivity (Wildman–Crippen MR) is 114 cm³/mol. The summed E-state index contributed by atoms with van der Waals surface area (Å²) in [7, 11) is 1.56. The van der Waals surface area contributed by atoms with Crippen molar-refractivity contribution in [1.29, 1.82) is 0 Å². The Labute approximate surface area is 175 Å². The lowest BCUT2D eigenvalue weighted by Crippen LogP contribution is -2.26. The molecule has 1 aliphatic carbocycles. The van der Waals surface area contributed by atoms with Crippen LogP contribution in [0.1, 0.15) is 55.6 Å². The molecule has 1 atom stereocenters. The van der Waals surface area contributed by atoms with E-state index in [9.17, 15) is 14.9 Å². The van der Waals surface area contributed by atoms with Crippen LogP contribution in [0.4, 0.5) is 11.4 Å². The zero-order chi connectivity index (χ0) is 21.8. The van der Waals surface area contributed by atoms with Crippen molar-refractivity contribution in [3.05, 3.63) is 57.6 Å². The Kier molecular flexibility index (Phi) is 6.44. The van der Waals surface area contributed by atoms with Crippen LogP contribution in [0.5, 0.6) is 11.5 Å². The number of ether oxygens (including phenoxy) is 2. The second kappa shape index (κ2) is 9.02. The minimum absolute atomic E-state index is 0.00930. The van der Waals surface area contributed by atoms with Crippen LogP contribution < -0.4 is 20.1 Å². The zero-order valence-corrected chi connectivity index (χ0v) is 17.6. The van der Waals surface area contributed by atoms with E-state index in [0.29, 0.717) is 17.2 Å². The van der Waals surface area contributed by atoms with Gasteiger partial charge in [-0.1, -0.05) is 6.07 Å². The first kappa shape index (κ1) is 21.4. The Balaban J connectivity index is 1.75. The van der Waals surface area contributed by atoms with Crippen molar-refractivity contribution >= 4 is 17.3 Å². The number of nitrogens with zero attached hydrogens (tertiary/aromatic N) is 1. The largest absolute Gasteiger partial charge is 0.493 e. The molecule has 0 spiro atoms. The van der Waals surface area contributed by atoms with Crippen LogP contribution in [0.15, 0.2) is 36.4 Å². The van der Waals surface area contributed by atoms with Crippen LogP contribution >= 0.6 is 0 Å². The van der Waals surface area contributed by atoms with Gasteiger partial charge in [0.2, 0.25) is 0 Å². The van der Waals surface area contributed by atoms with E-state index in [-0.39, 0.29) is 35.3 Å².